The van der Waals surface area contributed by atoms with Gasteiger partial charge < -0.3 is 14.1 Å². The molecule has 0 saturated carbocycles. The standard InChI is InChI=1S/C18H24N2O3S/c1-3-22-11-14-5-4-8-20(10-14)17(21)9-15-12-24-18(19-15)16-7-6-13(2)23-16/h6-7,12,14H,3-5,8-11H2,1-2H3. The van der Waals surface area contributed by atoms with Crippen LogP contribution in [0.4, 0.5) is 0 Å². The lowest BCUT2D eigenvalue weighted by Crippen LogP contribution is -2.42. The summed E-state index contributed by atoms with van der Waals surface area (Å²) in [5.41, 5.74) is 0.820. The maximum Gasteiger partial charge on any atom is 0.228 e. The van der Waals surface area contributed by atoms with Gasteiger partial charge in [0.2, 0.25) is 5.91 Å². The zero-order chi connectivity index (χ0) is 16.9. The van der Waals surface area contributed by atoms with Crippen molar-refractivity contribution in [2.24, 2.45) is 5.92 Å². The maximum atomic E-state index is 12.6. The molecule has 0 bridgehead atoms. The molecule has 5 nitrogen and oxygen atoms in total. The molecule has 24 heavy (non-hydrogen) atoms. The third kappa shape index (κ3) is 4.24. The summed E-state index contributed by atoms with van der Waals surface area (Å²) in [6.45, 7) is 7.04. The Morgan fingerprint density at radius 2 is 2.38 bits per heavy atom. The number of furan rings is 1. The Morgan fingerprint density at radius 3 is 3.12 bits per heavy atom. The molecule has 130 valence electrons. The molecule has 2 aromatic rings. The van der Waals surface area contributed by atoms with Gasteiger partial charge in [0.05, 0.1) is 18.7 Å². The Morgan fingerprint density at radius 1 is 1.50 bits per heavy atom. The molecule has 6 heteroatoms. The normalized spacial score (nSPS) is 18.1. The van der Waals surface area contributed by atoms with Crippen molar-refractivity contribution in [3.05, 3.63) is 29.0 Å². The molecule has 0 radical (unpaired) electrons. The smallest absolute Gasteiger partial charge is 0.228 e. The fraction of sp³-hybridized carbons (Fsp3) is 0.556. The predicted octanol–water partition coefficient (Wildman–Crippen LogP) is 3.53. The third-order valence-corrected chi connectivity index (χ3v) is 5.17. The Bertz CT molecular complexity index is 679. The number of nitrogens with zero attached hydrogens (tertiary/aromatic N) is 2. The summed E-state index contributed by atoms with van der Waals surface area (Å²) in [6, 6.07) is 3.84. The largest absolute Gasteiger partial charge is 0.459 e. The van der Waals surface area contributed by atoms with E-state index in [-0.39, 0.29) is 5.91 Å². The van der Waals surface area contributed by atoms with Crippen molar-refractivity contribution in [3.8, 4) is 10.8 Å². The molecule has 1 fully saturated rings. The molecule has 3 heterocycles. The molecule has 2 aromatic heterocycles. The monoisotopic (exact) mass is 348 g/mol. The Hall–Kier alpha value is -1.66. The molecular formula is C18H24N2O3S. The van der Waals surface area contributed by atoms with Crippen LogP contribution in [0, 0.1) is 12.8 Å². The van der Waals surface area contributed by atoms with Crippen molar-refractivity contribution >= 4 is 17.2 Å². The lowest BCUT2D eigenvalue weighted by atomic mass is 9.98. The van der Waals surface area contributed by atoms with Crippen LogP contribution >= 0.6 is 11.3 Å². The van der Waals surface area contributed by atoms with Crippen LogP contribution in [0.5, 0.6) is 0 Å². The topological polar surface area (TPSA) is 55.6 Å². The second-order valence-electron chi connectivity index (χ2n) is 6.24. The summed E-state index contributed by atoms with van der Waals surface area (Å²) in [6.07, 6.45) is 2.55. The number of carbonyl (C=O) groups is 1. The van der Waals surface area contributed by atoms with Crippen LogP contribution in [0.25, 0.3) is 10.8 Å². The van der Waals surface area contributed by atoms with Crippen molar-refractivity contribution in [1.82, 2.24) is 9.88 Å². The van der Waals surface area contributed by atoms with Crippen molar-refractivity contribution in [1.29, 1.82) is 0 Å². The summed E-state index contributed by atoms with van der Waals surface area (Å²) < 4.78 is 11.1. The summed E-state index contributed by atoms with van der Waals surface area (Å²) in [5.74, 6) is 2.25. The SMILES string of the molecule is CCOCC1CCCN(C(=O)Cc2csc(-c3ccc(C)o3)n2)C1. The van der Waals surface area contributed by atoms with Gasteiger partial charge in [0, 0.05) is 25.1 Å². The van der Waals surface area contributed by atoms with E-state index in [4.69, 9.17) is 9.15 Å². The summed E-state index contributed by atoms with van der Waals surface area (Å²) in [4.78, 5) is 19.1. The van der Waals surface area contributed by atoms with Gasteiger partial charge >= 0.3 is 0 Å². The fourth-order valence-corrected chi connectivity index (χ4v) is 3.81. The first-order valence-electron chi connectivity index (χ1n) is 8.52. The molecule has 1 aliphatic rings. The van der Waals surface area contributed by atoms with Crippen LogP contribution in [-0.2, 0) is 16.0 Å². The minimum Gasteiger partial charge on any atom is -0.459 e. The second-order valence-corrected chi connectivity index (χ2v) is 7.10. The van der Waals surface area contributed by atoms with Crippen LogP contribution in [0.1, 0.15) is 31.2 Å². The second kappa shape index (κ2) is 7.94. The number of piperidine rings is 1. The fourth-order valence-electron chi connectivity index (χ4n) is 3.03. The number of carbonyl (C=O) groups excluding carboxylic acids is 1. The Kier molecular flexibility index (Phi) is 5.68. The average molecular weight is 348 g/mol. The zero-order valence-corrected chi connectivity index (χ0v) is 15.1. The minimum absolute atomic E-state index is 0.156. The molecular weight excluding hydrogens is 324 g/mol. The van der Waals surface area contributed by atoms with E-state index in [1.54, 1.807) is 0 Å². The molecule has 1 unspecified atom stereocenters. The van der Waals surface area contributed by atoms with Gasteiger partial charge in [-0.1, -0.05) is 0 Å². The number of hydrogen-bond donors (Lipinski definition) is 0. The van der Waals surface area contributed by atoms with Crippen LogP contribution in [-0.4, -0.2) is 42.1 Å². The van der Waals surface area contributed by atoms with Gasteiger partial charge in [-0.25, -0.2) is 4.98 Å². The number of aryl methyl sites for hydroxylation is 1. The molecule has 0 N–H and O–H groups in total. The highest BCUT2D eigenvalue weighted by Gasteiger charge is 2.24. The zero-order valence-electron chi connectivity index (χ0n) is 14.3. The molecule has 1 saturated heterocycles. The van der Waals surface area contributed by atoms with Crippen LogP contribution < -0.4 is 0 Å². The summed E-state index contributed by atoms with van der Waals surface area (Å²) in [7, 11) is 0. The molecule has 3 rings (SSSR count). The first-order valence-corrected chi connectivity index (χ1v) is 9.40. The van der Waals surface area contributed by atoms with Crippen LogP contribution in [0.3, 0.4) is 0 Å². The van der Waals surface area contributed by atoms with Crippen LogP contribution in [0.2, 0.25) is 0 Å². The molecule has 1 amide bonds. The number of aromatic nitrogens is 1. The average Bonchev–Trinajstić information content (AvgIpc) is 3.22. The highest BCUT2D eigenvalue weighted by Crippen LogP contribution is 2.26. The molecule has 0 aromatic carbocycles. The Balaban J connectivity index is 1.57. The van der Waals surface area contributed by atoms with E-state index in [0.29, 0.717) is 12.3 Å². The van der Waals surface area contributed by atoms with Gasteiger partial charge in [-0.15, -0.1) is 11.3 Å². The number of thiazole rings is 1. The van der Waals surface area contributed by atoms with Crippen molar-refractivity contribution in [3.63, 3.8) is 0 Å². The molecule has 0 spiro atoms. The van der Waals surface area contributed by atoms with E-state index in [1.165, 1.54) is 11.3 Å². The predicted molar refractivity (Wildman–Crippen MR) is 94.1 cm³/mol. The number of amides is 1. The number of rotatable bonds is 6. The molecule has 1 atom stereocenters. The quantitative estimate of drug-likeness (QED) is 0.801. The van der Waals surface area contributed by atoms with E-state index in [2.05, 4.69) is 4.98 Å². The van der Waals surface area contributed by atoms with Crippen molar-refractivity contribution < 1.29 is 13.9 Å². The summed E-state index contributed by atoms with van der Waals surface area (Å²) in [5, 5.41) is 2.78. The highest BCUT2D eigenvalue weighted by molar-refractivity contribution is 7.13. The van der Waals surface area contributed by atoms with Crippen molar-refractivity contribution in [2.75, 3.05) is 26.3 Å². The Labute approximate surface area is 146 Å². The van der Waals surface area contributed by atoms with Crippen LogP contribution in [0.15, 0.2) is 21.9 Å². The van der Waals surface area contributed by atoms with E-state index < -0.39 is 0 Å². The first kappa shape index (κ1) is 17.2. The van der Waals surface area contributed by atoms with Gasteiger partial charge in [0.15, 0.2) is 10.8 Å². The lowest BCUT2D eigenvalue weighted by Gasteiger charge is -2.32. The number of hydrogen-bond acceptors (Lipinski definition) is 5. The first-order chi connectivity index (χ1) is 11.7. The lowest BCUT2D eigenvalue weighted by molar-refractivity contribution is -0.132. The molecule has 1 aliphatic heterocycles. The maximum absolute atomic E-state index is 12.6. The van der Waals surface area contributed by atoms with E-state index >= 15 is 0 Å². The van der Waals surface area contributed by atoms with Gasteiger partial charge in [-0.05, 0) is 44.7 Å². The van der Waals surface area contributed by atoms with Gasteiger partial charge in [-0.3, -0.25) is 4.79 Å². The minimum atomic E-state index is 0.156. The van der Waals surface area contributed by atoms with Gasteiger partial charge in [-0.2, -0.15) is 0 Å². The number of likely N-dealkylation sites (tertiary alicyclic amines) is 1. The van der Waals surface area contributed by atoms with E-state index in [0.717, 1.165) is 61.4 Å². The van der Waals surface area contributed by atoms with Gasteiger partial charge in [0.25, 0.3) is 0 Å². The van der Waals surface area contributed by atoms with Gasteiger partial charge in [0.1, 0.15) is 5.76 Å². The summed E-state index contributed by atoms with van der Waals surface area (Å²) >= 11 is 1.52. The van der Waals surface area contributed by atoms with E-state index in [9.17, 15) is 4.79 Å². The molecule has 0 aliphatic carbocycles. The number of ether oxygens (including phenoxy) is 1. The third-order valence-electron chi connectivity index (χ3n) is 4.26. The van der Waals surface area contributed by atoms with E-state index in [1.807, 2.05) is 36.3 Å². The highest BCUT2D eigenvalue weighted by atomic mass is 32.1. The van der Waals surface area contributed by atoms with Crippen molar-refractivity contribution in [2.45, 2.75) is 33.1 Å².